The maximum absolute atomic E-state index is 12.9. The number of rotatable bonds is 5. The van der Waals surface area contributed by atoms with Gasteiger partial charge in [-0.3, -0.25) is 4.79 Å². The van der Waals surface area contributed by atoms with E-state index >= 15 is 0 Å². The van der Waals surface area contributed by atoms with E-state index in [1.807, 2.05) is 6.92 Å². The summed E-state index contributed by atoms with van der Waals surface area (Å²) in [7, 11) is 0. The molecular formula is C12H14BrF2NO. The van der Waals surface area contributed by atoms with Crippen molar-refractivity contribution in [3.63, 3.8) is 0 Å². The first-order chi connectivity index (χ1) is 8.00. The topological polar surface area (TPSA) is 29.1 Å². The molecule has 5 heteroatoms. The normalized spacial score (nSPS) is 12.2. The van der Waals surface area contributed by atoms with Gasteiger partial charge in [0.25, 0.3) is 5.91 Å². The van der Waals surface area contributed by atoms with Crippen LogP contribution in [0.15, 0.2) is 18.2 Å². The zero-order valence-electron chi connectivity index (χ0n) is 9.47. The number of amides is 1. The van der Waals surface area contributed by atoms with Crippen molar-refractivity contribution < 1.29 is 13.6 Å². The maximum atomic E-state index is 12.9. The molecule has 0 aliphatic rings. The zero-order valence-corrected chi connectivity index (χ0v) is 11.1. The Kier molecular flexibility index (Phi) is 5.55. The van der Waals surface area contributed by atoms with E-state index < -0.39 is 11.6 Å². The van der Waals surface area contributed by atoms with Gasteiger partial charge in [0, 0.05) is 16.9 Å². The lowest BCUT2D eigenvalue weighted by Gasteiger charge is -2.06. The molecule has 1 amide bonds. The fourth-order valence-corrected chi connectivity index (χ4v) is 1.65. The van der Waals surface area contributed by atoms with Gasteiger partial charge in [-0.05, 0) is 31.0 Å². The largest absolute Gasteiger partial charge is 0.352 e. The van der Waals surface area contributed by atoms with Crippen molar-refractivity contribution in [2.24, 2.45) is 0 Å². The lowest BCUT2D eigenvalue weighted by Crippen LogP contribution is -2.24. The molecule has 0 spiro atoms. The molecule has 0 aliphatic carbocycles. The van der Waals surface area contributed by atoms with Gasteiger partial charge in [-0.2, -0.15) is 0 Å². The number of alkyl halides is 1. The molecule has 1 rings (SSSR count). The fourth-order valence-electron chi connectivity index (χ4n) is 1.32. The summed E-state index contributed by atoms with van der Waals surface area (Å²) in [4.78, 5) is 11.9. The number of carbonyl (C=O) groups excluding carboxylic acids is 1. The summed E-state index contributed by atoms with van der Waals surface area (Å²) >= 11 is 3.40. The first-order valence-corrected chi connectivity index (χ1v) is 6.29. The molecule has 1 aromatic carbocycles. The number of benzene rings is 1. The third-order valence-electron chi connectivity index (χ3n) is 2.25. The number of halogens is 3. The van der Waals surface area contributed by atoms with Gasteiger partial charge in [-0.15, -0.1) is 0 Å². The summed E-state index contributed by atoms with van der Waals surface area (Å²) < 4.78 is 25.5. The highest BCUT2D eigenvalue weighted by atomic mass is 79.9. The Morgan fingerprint density at radius 2 is 2.12 bits per heavy atom. The van der Waals surface area contributed by atoms with Gasteiger partial charge in [-0.1, -0.05) is 22.9 Å². The molecule has 17 heavy (non-hydrogen) atoms. The lowest BCUT2D eigenvalue weighted by molar-refractivity contribution is 0.0952. The predicted molar refractivity (Wildman–Crippen MR) is 66.3 cm³/mol. The van der Waals surface area contributed by atoms with E-state index in [9.17, 15) is 13.6 Å². The average Bonchev–Trinajstić information content (AvgIpc) is 2.27. The van der Waals surface area contributed by atoms with Crippen LogP contribution in [-0.4, -0.2) is 17.3 Å². The van der Waals surface area contributed by atoms with E-state index in [4.69, 9.17) is 0 Å². The average molecular weight is 306 g/mol. The zero-order chi connectivity index (χ0) is 12.8. The van der Waals surface area contributed by atoms with Crippen LogP contribution in [-0.2, 0) is 0 Å². The summed E-state index contributed by atoms with van der Waals surface area (Å²) in [6.45, 7) is 2.55. The maximum Gasteiger partial charge on any atom is 0.251 e. The number of nitrogens with one attached hydrogen (secondary N) is 1. The molecule has 1 aromatic rings. The standard InChI is InChI=1S/C12H14BrF2NO/c1-8(13)3-2-6-16-12(17)9-4-5-10(14)11(15)7-9/h4-5,7-8H,2-3,6H2,1H3,(H,16,17). The Bertz CT molecular complexity index is 396. The van der Waals surface area contributed by atoms with E-state index in [1.54, 1.807) is 0 Å². The minimum Gasteiger partial charge on any atom is -0.352 e. The highest BCUT2D eigenvalue weighted by Crippen LogP contribution is 2.09. The molecule has 0 bridgehead atoms. The predicted octanol–water partition coefficient (Wildman–Crippen LogP) is 3.26. The van der Waals surface area contributed by atoms with Crippen molar-refractivity contribution in [1.29, 1.82) is 0 Å². The molecule has 0 radical (unpaired) electrons. The lowest BCUT2D eigenvalue weighted by atomic mass is 10.2. The summed E-state index contributed by atoms with van der Waals surface area (Å²) in [6, 6.07) is 3.11. The molecule has 1 unspecified atom stereocenters. The van der Waals surface area contributed by atoms with Crippen molar-refractivity contribution in [1.82, 2.24) is 5.32 Å². The molecule has 0 fully saturated rings. The van der Waals surface area contributed by atoms with Gasteiger partial charge in [-0.25, -0.2) is 8.78 Å². The van der Waals surface area contributed by atoms with Gasteiger partial charge < -0.3 is 5.32 Å². The minimum absolute atomic E-state index is 0.135. The third-order valence-corrected chi connectivity index (χ3v) is 2.70. The molecule has 94 valence electrons. The van der Waals surface area contributed by atoms with Crippen LogP contribution in [0.4, 0.5) is 8.78 Å². The van der Waals surface area contributed by atoms with E-state index in [0.29, 0.717) is 11.4 Å². The molecule has 2 nitrogen and oxygen atoms in total. The molecule has 0 saturated heterocycles. The number of carbonyl (C=O) groups is 1. The van der Waals surface area contributed by atoms with E-state index in [0.717, 1.165) is 25.0 Å². The van der Waals surface area contributed by atoms with Gasteiger partial charge in [0.05, 0.1) is 0 Å². The Labute approximate surface area is 108 Å². The number of hydrogen-bond acceptors (Lipinski definition) is 1. The summed E-state index contributed by atoms with van der Waals surface area (Å²) in [5.74, 6) is -2.34. The highest BCUT2D eigenvalue weighted by molar-refractivity contribution is 9.09. The molecule has 0 aromatic heterocycles. The van der Waals surface area contributed by atoms with Crippen LogP contribution in [0.2, 0.25) is 0 Å². The van der Waals surface area contributed by atoms with E-state index in [1.165, 1.54) is 6.07 Å². The van der Waals surface area contributed by atoms with Crippen LogP contribution in [0.1, 0.15) is 30.1 Å². The second-order valence-corrected chi connectivity index (χ2v) is 5.37. The van der Waals surface area contributed by atoms with Gasteiger partial charge in [0.2, 0.25) is 0 Å². The molecule has 1 atom stereocenters. The molecule has 0 heterocycles. The Balaban J connectivity index is 2.44. The fraction of sp³-hybridized carbons (Fsp3) is 0.417. The monoisotopic (exact) mass is 305 g/mol. The minimum atomic E-state index is -1.01. The number of hydrogen-bond donors (Lipinski definition) is 1. The third kappa shape index (κ3) is 4.81. The first kappa shape index (κ1) is 14.1. The molecular weight excluding hydrogens is 292 g/mol. The highest BCUT2D eigenvalue weighted by Gasteiger charge is 2.08. The van der Waals surface area contributed by atoms with Crippen molar-refractivity contribution in [2.45, 2.75) is 24.6 Å². The van der Waals surface area contributed by atoms with E-state index in [-0.39, 0.29) is 11.5 Å². The summed E-state index contributed by atoms with van der Waals surface area (Å²) in [6.07, 6.45) is 1.78. The van der Waals surface area contributed by atoms with Crippen molar-refractivity contribution in [2.75, 3.05) is 6.54 Å². The van der Waals surface area contributed by atoms with Crippen LogP contribution < -0.4 is 5.32 Å². The quantitative estimate of drug-likeness (QED) is 0.656. The van der Waals surface area contributed by atoms with Crippen molar-refractivity contribution in [3.8, 4) is 0 Å². The summed E-state index contributed by atoms with van der Waals surface area (Å²) in [5.41, 5.74) is 0.135. The van der Waals surface area contributed by atoms with Gasteiger partial charge in [0.15, 0.2) is 11.6 Å². The van der Waals surface area contributed by atoms with Crippen LogP contribution in [0.5, 0.6) is 0 Å². The van der Waals surface area contributed by atoms with Crippen molar-refractivity contribution in [3.05, 3.63) is 35.4 Å². The van der Waals surface area contributed by atoms with E-state index in [2.05, 4.69) is 21.2 Å². The van der Waals surface area contributed by atoms with Crippen LogP contribution in [0, 0.1) is 11.6 Å². The van der Waals surface area contributed by atoms with Crippen molar-refractivity contribution >= 4 is 21.8 Å². The van der Waals surface area contributed by atoms with Gasteiger partial charge >= 0.3 is 0 Å². The first-order valence-electron chi connectivity index (χ1n) is 5.38. The summed E-state index contributed by atoms with van der Waals surface area (Å²) in [5, 5.41) is 2.65. The van der Waals surface area contributed by atoms with Crippen LogP contribution in [0.3, 0.4) is 0 Å². The molecule has 0 aliphatic heterocycles. The van der Waals surface area contributed by atoms with Crippen LogP contribution in [0.25, 0.3) is 0 Å². The smallest absolute Gasteiger partial charge is 0.251 e. The molecule has 0 saturated carbocycles. The Hall–Kier alpha value is -0.970. The molecule has 1 N–H and O–H groups in total. The Morgan fingerprint density at radius 1 is 1.41 bits per heavy atom. The second kappa shape index (κ2) is 6.69. The second-order valence-electron chi connectivity index (χ2n) is 3.81. The SMILES string of the molecule is CC(Br)CCCNC(=O)c1ccc(F)c(F)c1. The Morgan fingerprint density at radius 3 is 2.71 bits per heavy atom. The van der Waals surface area contributed by atoms with Gasteiger partial charge in [0.1, 0.15) is 0 Å². The van der Waals surface area contributed by atoms with Crippen LogP contribution >= 0.6 is 15.9 Å².